The summed E-state index contributed by atoms with van der Waals surface area (Å²) in [6, 6.07) is 13.9. The molecule has 9 heteroatoms. The molecule has 1 spiro atoms. The molecule has 1 saturated heterocycles. The maximum atomic E-state index is 14.0. The highest BCUT2D eigenvalue weighted by atomic mass is 32.2. The van der Waals surface area contributed by atoms with Crippen molar-refractivity contribution in [2.75, 3.05) is 24.3 Å². The van der Waals surface area contributed by atoms with Crippen molar-refractivity contribution in [1.29, 1.82) is 0 Å². The minimum atomic E-state index is -1.38. The monoisotopic (exact) mass is 484 g/mol. The van der Waals surface area contributed by atoms with Crippen LogP contribution in [0, 0.1) is 17.5 Å². The number of amides is 2. The SMILES string of the molecule is COc1ccc2c(c1)[C@]1(SCCN1C(=O)c1cccc(F)c1)C(=O)N2Cc1ccc(F)c(F)c1. The van der Waals surface area contributed by atoms with Gasteiger partial charge in [0.2, 0.25) is 0 Å². The Hall–Kier alpha value is -3.46. The fourth-order valence-corrected chi connectivity index (χ4v) is 5.93. The van der Waals surface area contributed by atoms with Crippen LogP contribution in [0.3, 0.4) is 0 Å². The molecule has 174 valence electrons. The van der Waals surface area contributed by atoms with Crippen LogP contribution in [0.2, 0.25) is 0 Å². The number of rotatable bonds is 4. The largest absolute Gasteiger partial charge is 0.497 e. The second-order valence-electron chi connectivity index (χ2n) is 7.98. The van der Waals surface area contributed by atoms with Crippen LogP contribution in [0.5, 0.6) is 5.75 Å². The molecule has 5 rings (SSSR count). The number of hydrogen-bond donors (Lipinski definition) is 0. The molecule has 2 heterocycles. The molecule has 5 nitrogen and oxygen atoms in total. The quantitative estimate of drug-likeness (QED) is 0.539. The predicted octanol–water partition coefficient (Wildman–Crippen LogP) is 4.70. The van der Waals surface area contributed by atoms with Gasteiger partial charge in [-0.15, -0.1) is 11.8 Å². The highest BCUT2D eigenvalue weighted by Crippen LogP contribution is 2.55. The van der Waals surface area contributed by atoms with Gasteiger partial charge in [-0.1, -0.05) is 12.1 Å². The minimum absolute atomic E-state index is 0.0142. The molecule has 1 atom stereocenters. The molecule has 0 aromatic heterocycles. The van der Waals surface area contributed by atoms with E-state index in [1.807, 2.05) is 0 Å². The zero-order valence-electron chi connectivity index (χ0n) is 18.1. The second-order valence-corrected chi connectivity index (χ2v) is 9.27. The first-order valence-corrected chi connectivity index (χ1v) is 11.5. The molecular formula is C25H19F3N2O3S. The number of carbonyl (C=O) groups is 2. The second kappa shape index (κ2) is 8.39. The number of carbonyl (C=O) groups excluding carboxylic acids is 2. The molecule has 0 N–H and O–H groups in total. The van der Waals surface area contributed by atoms with Crippen molar-refractivity contribution in [3.63, 3.8) is 0 Å². The summed E-state index contributed by atoms with van der Waals surface area (Å²) in [5, 5.41) is 0. The Bertz CT molecular complexity index is 1320. The van der Waals surface area contributed by atoms with E-state index in [1.54, 1.807) is 18.2 Å². The minimum Gasteiger partial charge on any atom is -0.497 e. The molecule has 0 radical (unpaired) electrons. The van der Waals surface area contributed by atoms with Gasteiger partial charge in [-0.2, -0.15) is 0 Å². The van der Waals surface area contributed by atoms with E-state index in [2.05, 4.69) is 0 Å². The lowest BCUT2D eigenvalue weighted by atomic mass is 10.0. The van der Waals surface area contributed by atoms with Crippen molar-refractivity contribution < 1.29 is 27.5 Å². The van der Waals surface area contributed by atoms with E-state index in [0.717, 1.165) is 18.2 Å². The Morgan fingerprint density at radius 2 is 1.88 bits per heavy atom. The Balaban J connectivity index is 1.61. The smallest absolute Gasteiger partial charge is 0.268 e. The van der Waals surface area contributed by atoms with Crippen LogP contribution < -0.4 is 9.64 Å². The first-order valence-electron chi connectivity index (χ1n) is 10.5. The third kappa shape index (κ3) is 3.42. The van der Waals surface area contributed by atoms with Crippen LogP contribution in [0.1, 0.15) is 21.5 Å². The number of anilines is 1. The fraction of sp³-hybridized carbons (Fsp3) is 0.200. The molecule has 0 unspecified atom stereocenters. The van der Waals surface area contributed by atoms with Gasteiger partial charge in [0, 0.05) is 23.4 Å². The first kappa shape index (κ1) is 22.3. The van der Waals surface area contributed by atoms with Gasteiger partial charge in [-0.05, 0) is 54.1 Å². The van der Waals surface area contributed by atoms with Crippen molar-refractivity contribution >= 4 is 29.3 Å². The topological polar surface area (TPSA) is 49.9 Å². The highest BCUT2D eigenvalue weighted by Gasteiger charge is 2.59. The Morgan fingerprint density at radius 3 is 2.62 bits per heavy atom. The van der Waals surface area contributed by atoms with Crippen LogP contribution in [-0.2, 0) is 16.2 Å². The van der Waals surface area contributed by atoms with Crippen molar-refractivity contribution in [2.45, 2.75) is 11.4 Å². The van der Waals surface area contributed by atoms with Gasteiger partial charge in [-0.25, -0.2) is 13.2 Å². The summed E-state index contributed by atoms with van der Waals surface area (Å²) in [6.07, 6.45) is 0. The van der Waals surface area contributed by atoms with Gasteiger partial charge in [0.05, 0.1) is 19.3 Å². The van der Waals surface area contributed by atoms with E-state index in [9.17, 15) is 22.8 Å². The van der Waals surface area contributed by atoms with Gasteiger partial charge >= 0.3 is 0 Å². The highest BCUT2D eigenvalue weighted by molar-refractivity contribution is 8.01. The van der Waals surface area contributed by atoms with Crippen LogP contribution >= 0.6 is 11.8 Å². The lowest BCUT2D eigenvalue weighted by molar-refractivity contribution is -0.123. The standard InChI is InChI=1S/C25H19F3N2O3S/c1-33-18-6-8-22-19(13-18)25(24(32)29(22)14-15-5-7-20(27)21(28)11-15)30(9-10-34-25)23(31)16-3-2-4-17(26)12-16/h2-8,11-13H,9-10,14H2,1H3/t25-/m0/s1. The lowest BCUT2D eigenvalue weighted by Crippen LogP contribution is -2.50. The predicted molar refractivity (Wildman–Crippen MR) is 122 cm³/mol. The lowest BCUT2D eigenvalue weighted by Gasteiger charge is -2.33. The van der Waals surface area contributed by atoms with Gasteiger partial charge < -0.3 is 14.5 Å². The number of halogens is 3. The van der Waals surface area contributed by atoms with Crippen molar-refractivity contribution in [2.24, 2.45) is 0 Å². The van der Waals surface area contributed by atoms with E-state index >= 15 is 0 Å². The summed E-state index contributed by atoms with van der Waals surface area (Å²) in [6.45, 7) is 0.265. The van der Waals surface area contributed by atoms with Crippen LogP contribution in [-0.4, -0.2) is 36.1 Å². The number of thioether (sulfide) groups is 1. The molecule has 3 aromatic carbocycles. The van der Waals surface area contributed by atoms with E-state index in [4.69, 9.17) is 4.74 Å². The molecule has 2 aliphatic heterocycles. The number of ether oxygens (including phenoxy) is 1. The summed E-state index contributed by atoms with van der Waals surface area (Å²) in [5.41, 5.74) is 1.64. The van der Waals surface area contributed by atoms with Gasteiger partial charge in [-0.3, -0.25) is 9.59 Å². The molecule has 34 heavy (non-hydrogen) atoms. The number of fused-ring (bicyclic) bond motifs is 2. The summed E-state index contributed by atoms with van der Waals surface area (Å²) < 4.78 is 46.5. The van der Waals surface area contributed by atoms with Crippen molar-refractivity contribution in [3.8, 4) is 5.75 Å². The van der Waals surface area contributed by atoms with Gasteiger partial charge in [0.25, 0.3) is 11.8 Å². The van der Waals surface area contributed by atoms with Gasteiger partial charge in [0.1, 0.15) is 11.6 Å². The summed E-state index contributed by atoms with van der Waals surface area (Å²) in [5.74, 6) is -2.39. The number of nitrogens with zero attached hydrogens (tertiary/aromatic N) is 2. The van der Waals surface area contributed by atoms with E-state index in [0.29, 0.717) is 28.3 Å². The maximum Gasteiger partial charge on any atom is 0.268 e. The number of methoxy groups -OCH3 is 1. The van der Waals surface area contributed by atoms with Crippen LogP contribution in [0.25, 0.3) is 0 Å². The molecule has 2 aliphatic rings. The van der Waals surface area contributed by atoms with Crippen molar-refractivity contribution in [3.05, 3.63) is 94.8 Å². The molecule has 0 saturated carbocycles. The molecule has 3 aromatic rings. The number of benzene rings is 3. The van der Waals surface area contributed by atoms with E-state index in [-0.39, 0.29) is 24.6 Å². The molecular weight excluding hydrogens is 465 g/mol. The average Bonchev–Trinajstić information content (AvgIpc) is 3.37. The Morgan fingerprint density at radius 1 is 1.06 bits per heavy atom. The third-order valence-electron chi connectivity index (χ3n) is 6.04. The first-order chi connectivity index (χ1) is 16.3. The summed E-state index contributed by atoms with van der Waals surface area (Å²) in [7, 11) is 1.50. The molecule has 0 bridgehead atoms. The molecule has 0 aliphatic carbocycles. The molecule has 2 amide bonds. The van der Waals surface area contributed by atoms with Crippen molar-refractivity contribution in [1.82, 2.24) is 4.90 Å². The van der Waals surface area contributed by atoms with Crippen LogP contribution in [0.15, 0.2) is 60.7 Å². The Labute approximate surface area is 198 Å². The summed E-state index contributed by atoms with van der Waals surface area (Å²) in [4.78, 5) is 29.0. The maximum absolute atomic E-state index is 14.0. The fourth-order valence-electron chi connectivity index (χ4n) is 4.48. The average molecular weight is 484 g/mol. The zero-order valence-corrected chi connectivity index (χ0v) is 18.9. The Kier molecular flexibility index (Phi) is 5.51. The molecule has 1 fully saturated rings. The third-order valence-corrected chi connectivity index (χ3v) is 7.46. The van der Waals surface area contributed by atoms with E-state index in [1.165, 1.54) is 52.9 Å². The summed E-state index contributed by atoms with van der Waals surface area (Å²) >= 11 is 1.31. The zero-order chi connectivity index (χ0) is 24.0. The number of hydrogen-bond acceptors (Lipinski definition) is 4. The van der Waals surface area contributed by atoms with E-state index < -0.39 is 28.2 Å². The van der Waals surface area contributed by atoms with Crippen LogP contribution in [0.4, 0.5) is 18.9 Å². The normalized spacial score (nSPS) is 19.1. The van der Waals surface area contributed by atoms with Gasteiger partial charge in [0.15, 0.2) is 16.5 Å².